The van der Waals surface area contributed by atoms with Crippen molar-refractivity contribution in [3.05, 3.63) is 63.1 Å². The van der Waals surface area contributed by atoms with E-state index < -0.39 is 10.0 Å². The monoisotopic (exact) mass is 389 g/mol. The van der Waals surface area contributed by atoms with Crippen molar-refractivity contribution >= 4 is 43.2 Å². The summed E-state index contributed by atoms with van der Waals surface area (Å²) in [6, 6.07) is 11.6. The molecule has 0 fully saturated rings. The first-order chi connectivity index (χ1) is 9.89. The molecule has 0 aromatic heterocycles. The van der Waals surface area contributed by atoms with Gasteiger partial charge in [0.25, 0.3) is 0 Å². The molecule has 0 aliphatic carbocycles. The van der Waals surface area contributed by atoms with Gasteiger partial charge in [-0.15, -0.1) is 0 Å². The van der Waals surface area contributed by atoms with Crippen LogP contribution in [-0.4, -0.2) is 13.5 Å². The van der Waals surface area contributed by atoms with Gasteiger partial charge >= 0.3 is 0 Å². The molecule has 0 heterocycles. The Morgan fingerprint density at radius 1 is 1.10 bits per heavy atom. The maximum atomic E-state index is 12.1. The van der Waals surface area contributed by atoms with Crippen LogP contribution >= 0.6 is 27.5 Å². The summed E-state index contributed by atoms with van der Waals surface area (Å²) in [5.41, 5.74) is 1.79. The van der Waals surface area contributed by atoms with Crippen molar-refractivity contribution in [1.29, 1.82) is 0 Å². The van der Waals surface area contributed by atoms with E-state index in [1.165, 1.54) is 6.07 Å². The fraction of sp³-hybridized carbons (Fsp3) is 0.143. The minimum atomic E-state index is -3.52. The minimum absolute atomic E-state index is 0.0668. The summed E-state index contributed by atoms with van der Waals surface area (Å²) in [4.78, 5) is 0. The summed E-state index contributed by atoms with van der Waals surface area (Å²) in [6.07, 6.45) is 0. The van der Waals surface area contributed by atoms with E-state index in [1.54, 1.807) is 36.4 Å². The molecule has 0 radical (unpaired) electrons. The van der Waals surface area contributed by atoms with Gasteiger partial charge in [0.15, 0.2) is 0 Å². The lowest BCUT2D eigenvalue weighted by atomic mass is 10.2. The molecule has 2 rings (SSSR count). The van der Waals surface area contributed by atoms with Gasteiger partial charge < -0.3 is 5.11 Å². The van der Waals surface area contributed by atoms with Crippen LogP contribution in [0.4, 0.5) is 5.69 Å². The molecule has 112 valence electrons. The molecule has 0 atom stereocenters. The van der Waals surface area contributed by atoms with Crippen molar-refractivity contribution in [3.8, 4) is 0 Å². The summed E-state index contributed by atoms with van der Waals surface area (Å²) in [7, 11) is -3.52. The summed E-state index contributed by atoms with van der Waals surface area (Å²) in [5, 5.41) is 9.39. The van der Waals surface area contributed by atoms with Crippen LogP contribution in [0.1, 0.15) is 11.1 Å². The number of hydrogen-bond donors (Lipinski definition) is 2. The Bertz CT molecular complexity index is 732. The number of rotatable bonds is 5. The smallest absolute Gasteiger partial charge is 0.236 e. The topological polar surface area (TPSA) is 66.4 Å². The third-order valence-electron chi connectivity index (χ3n) is 2.76. The molecule has 2 aromatic carbocycles. The molecule has 2 N–H and O–H groups in total. The molecule has 0 aliphatic rings. The van der Waals surface area contributed by atoms with Crippen LogP contribution in [-0.2, 0) is 22.4 Å². The van der Waals surface area contributed by atoms with Crippen molar-refractivity contribution in [3.63, 3.8) is 0 Å². The quantitative estimate of drug-likeness (QED) is 0.820. The zero-order chi connectivity index (χ0) is 15.5. The second-order valence-corrected chi connectivity index (χ2v) is 7.45. The van der Waals surface area contributed by atoms with Gasteiger partial charge in [0, 0.05) is 4.47 Å². The number of halogens is 2. The van der Waals surface area contributed by atoms with E-state index in [9.17, 15) is 8.42 Å². The van der Waals surface area contributed by atoms with Crippen LogP contribution in [0.2, 0.25) is 5.02 Å². The number of nitrogens with one attached hydrogen (secondary N) is 1. The Hall–Kier alpha value is -1.08. The first kappa shape index (κ1) is 16.3. The highest BCUT2D eigenvalue weighted by molar-refractivity contribution is 9.10. The summed E-state index contributed by atoms with van der Waals surface area (Å²) in [5.74, 6) is -0.146. The zero-order valence-electron chi connectivity index (χ0n) is 10.9. The maximum Gasteiger partial charge on any atom is 0.236 e. The number of aliphatic hydroxyl groups excluding tert-OH is 1. The van der Waals surface area contributed by atoms with Crippen molar-refractivity contribution in [2.24, 2.45) is 0 Å². The lowest BCUT2D eigenvalue weighted by molar-refractivity contribution is 0.282. The van der Waals surface area contributed by atoms with Gasteiger partial charge in [-0.2, -0.15) is 0 Å². The maximum absolute atomic E-state index is 12.1. The average Bonchev–Trinajstić information content (AvgIpc) is 2.43. The first-order valence-electron chi connectivity index (χ1n) is 6.04. The lowest BCUT2D eigenvalue weighted by Crippen LogP contribution is -2.15. The average molecular weight is 391 g/mol. The highest BCUT2D eigenvalue weighted by Gasteiger charge is 2.12. The van der Waals surface area contributed by atoms with Gasteiger partial charge in [-0.3, -0.25) is 4.72 Å². The molecule has 4 nitrogen and oxygen atoms in total. The van der Waals surface area contributed by atoms with E-state index in [4.69, 9.17) is 16.7 Å². The highest BCUT2D eigenvalue weighted by atomic mass is 79.9. The normalized spacial score (nSPS) is 11.4. The fourth-order valence-corrected chi connectivity index (χ4v) is 3.35. The van der Waals surface area contributed by atoms with E-state index in [2.05, 4.69) is 20.7 Å². The largest absolute Gasteiger partial charge is 0.392 e. The van der Waals surface area contributed by atoms with Gasteiger partial charge in [0.05, 0.1) is 23.1 Å². The van der Waals surface area contributed by atoms with E-state index in [0.29, 0.717) is 20.7 Å². The number of hydrogen-bond acceptors (Lipinski definition) is 3. The molecule has 0 aliphatic heterocycles. The molecule has 0 saturated heterocycles. The molecule has 2 aromatic rings. The molecule has 0 unspecified atom stereocenters. The lowest BCUT2D eigenvalue weighted by Gasteiger charge is -2.09. The molecule has 0 amide bonds. The molecular weight excluding hydrogens is 378 g/mol. The Morgan fingerprint density at radius 3 is 2.29 bits per heavy atom. The van der Waals surface area contributed by atoms with Gasteiger partial charge in [0.2, 0.25) is 10.0 Å². The van der Waals surface area contributed by atoms with Crippen LogP contribution in [0.25, 0.3) is 0 Å². The van der Waals surface area contributed by atoms with Gasteiger partial charge in [-0.05, 0) is 45.3 Å². The Kier molecular flexibility index (Phi) is 5.27. The van der Waals surface area contributed by atoms with Crippen LogP contribution in [0.5, 0.6) is 0 Å². The zero-order valence-corrected chi connectivity index (χ0v) is 14.0. The SMILES string of the molecule is O=S(=O)(Cc1ccc(CO)cc1)Nc1ccc(Br)c(Cl)c1. The first-order valence-corrected chi connectivity index (χ1v) is 8.86. The molecule has 7 heteroatoms. The fourth-order valence-electron chi connectivity index (χ4n) is 1.74. The third-order valence-corrected chi connectivity index (χ3v) is 5.25. The number of aliphatic hydroxyl groups is 1. The Morgan fingerprint density at radius 2 is 1.71 bits per heavy atom. The van der Waals surface area contributed by atoms with Crippen molar-refractivity contribution in [2.75, 3.05) is 4.72 Å². The van der Waals surface area contributed by atoms with Crippen LogP contribution in [0.3, 0.4) is 0 Å². The van der Waals surface area contributed by atoms with Gasteiger partial charge in [-0.25, -0.2) is 8.42 Å². The second-order valence-electron chi connectivity index (χ2n) is 4.46. The van der Waals surface area contributed by atoms with Crippen LogP contribution < -0.4 is 4.72 Å². The molecule has 21 heavy (non-hydrogen) atoms. The molecule has 0 spiro atoms. The van der Waals surface area contributed by atoms with Crippen molar-refractivity contribution in [2.45, 2.75) is 12.4 Å². The number of anilines is 1. The van der Waals surface area contributed by atoms with Crippen molar-refractivity contribution < 1.29 is 13.5 Å². The van der Waals surface area contributed by atoms with E-state index in [1.807, 2.05) is 0 Å². The predicted molar refractivity (Wildman–Crippen MR) is 87.8 cm³/mol. The van der Waals surface area contributed by atoms with E-state index in [0.717, 1.165) is 5.56 Å². The Balaban J connectivity index is 2.12. The highest BCUT2D eigenvalue weighted by Crippen LogP contribution is 2.26. The van der Waals surface area contributed by atoms with E-state index >= 15 is 0 Å². The predicted octanol–water partition coefficient (Wildman–Crippen LogP) is 3.54. The summed E-state index contributed by atoms with van der Waals surface area (Å²) < 4.78 is 27.4. The molecule has 0 saturated carbocycles. The molecule has 0 bridgehead atoms. The number of sulfonamides is 1. The number of benzene rings is 2. The molecular formula is C14H13BrClNO3S. The van der Waals surface area contributed by atoms with Crippen LogP contribution in [0.15, 0.2) is 46.9 Å². The minimum Gasteiger partial charge on any atom is -0.392 e. The van der Waals surface area contributed by atoms with E-state index in [-0.39, 0.29) is 12.4 Å². The third kappa shape index (κ3) is 4.71. The van der Waals surface area contributed by atoms with Gasteiger partial charge in [-0.1, -0.05) is 35.9 Å². The summed E-state index contributed by atoms with van der Waals surface area (Å²) in [6.45, 7) is -0.0668. The van der Waals surface area contributed by atoms with Crippen molar-refractivity contribution in [1.82, 2.24) is 0 Å². The van der Waals surface area contributed by atoms with Gasteiger partial charge in [0.1, 0.15) is 0 Å². The standard InChI is InChI=1S/C14H13BrClNO3S/c15-13-6-5-12(7-14(13)16)17-21(19,20)9-11-3-1-10(8-18)2-4-11/h1-7,17-18H,8-9H2. The second kappa shape index (κ2) is 6.79. The van der Waals surface area contributed by atoms with Crippen LogP contribution in [0, 0.1) is 0 Å². The summed E-state index contributed by atoms with van der Waals surface area (Å²) >= 11 is 9.18. The Labute approximate surface area is 136 Å².